The Morgan fingerprint density at radius 3 is 2.17 bits per heavy atom. The molecule has 0 aliphatic heterocycles. The monoisotopic (exact) mass is 311 g/mol. The Hall–Kier alpha value is -2.29. The van der Waals surface area contributed by atoms with E-state index in [1.165, 1.54) is 16.7 Å². The normalized spacial score (nSPS) is 11.8. The SMILES string of the molecule is Cc1ccc(CCCNC(=O)[C@H](C)Oc2ccc(C)cc2)cc1. The van der Waals surface area contributed by atoms with Crippen LogP contribution in [0, 0.1) is 13.8 Å². The summed E-state index contributed by atoms with van der Waals surface area (Å²) in [5.41, 5.74) is 3.74. The van der Waals surface area contributed by atoms with Gasteiger partial charge in [-0.05, 0) is 51.3 Å². The maximum absolute atomic E-state index is 12.0. The Morgan fingerprint density at radius 1 is 1.00 bits per heavy atom. The number of nitrogens with one attached hydrogen (secondary N) is 1. The van der Waals surface area contributed by atoms with Crippen LogP contribution in [0.5, 0.6) is 5.75 Å². The van der Waals surface area contributed by atoms with Crippen molar-refractivity contribution >= 4 is 5.91 Å². The van der Waals surface area contributed by atoms with E-state index >= 15 is 0 Å². The van der Waals surface area contributed by atoms with Crippen molar-refractivity contribution in [3.05, 3.63) is 65.2 Å². The van der Waals surface area contributed by atoms with Crippen LogP contribution in [-0.4, -0.2) is 18.6 Å². The molecule has 3 nitrogen and oxygen atoms in total. The molecule has 2 aromatic rings. The predicted octanol–water partition coefficient (Wildman–Crippen LogP) is 3.82. The van der Waals surface area contributed by atoms with E-state index in [4.69, 9.17) is 4.74 Å². The molecule has 2 aromatic carbocycles. The summed E-state index contributed by atoms with van der Waals surface area (Å²) in [7, 11) is 0. The third kappa shape index (κ3) is 5.78. The van der Waals surface area contributed by atoms with Gasteiger partial charge in [-0.1, -0.05) is 47.5 Å². The van der Waals surface area contributed by atoms with Gasteiger partial charge in [0.25, 0.3) is 5.91 Å². The Bertz CT molecular complexity index is 617. The van der Waals surface area contributed by atoms with Crippen molar-refractivity contribution in [3.63, 3.8) is 0 Å². The van der Waals surface area contributed by atoms with Crippen molar-refractivity contribution < 1.29 is 9.53 Å². The molecular formula is C20H25NO2. The van der Waals surface area contributed by atoms with Gasteiger partial charge < -0.3 is 10.1 Å². The molecule has 0 unspecified atom stereocenters. The van der Waals surface area contributed by atoms with Gasteiger partial charge in [0.05, 0.1) is 0 Å². The number of carbonyl (C=O) groups excluding carboxylic acids is 1. The van der Waals surface area contributed by atoms with Crippen LogP contribution in [0.15, 0.2) is 48.5 Å². The Labute approximate surface area is 138 Å². The van der Waals surface area contributed by atoms with Gasteiger partial charge in [-0.2, -0.15) is 0 Å². The highest BCUT2D eigenvalue weighted by atomic mass is 16.5. The third-order valence-corrected chi connectivity index (χ3v) is 3.77. The molecule has 1 N–H and O–H groups in total. The van der Waals surface area contributed by atoms with Crippen molar-refractivity contribution in [2.75, 3.05) is 6.54 Å². The number of ether oxygens (including phenoxy) is 1. The number of aryl methyl sites for hydroxylation is 3. The number of rotatable bonds is 7. The molecule has 2 rings (SSSR count). The molecule has 0 aliphatic rings. The van der Waals surface area contributed by atoms with Crippen molar-refractivity contribution in [1.82, 2.24) is 5.32 Å². The lowest BCUT2D eigenvalue weighted by Gasteiger charge is -2.15. The van der Waals surface area contributed by atoms with Crippen LogP contribution in [0.1, 0.15) is 30.0 Å². The van der Waals surface area contributed by atoms with E-state index in [2.05, 4.69) is 36.5 Å². The van der Waals surface area contributed by atoms with E-state index in [9.17, 15) is 4.79 Å². The minimum Gasteiger partial charge on any atom is -0.481 e. The Balaban J connectivity index is 1.69. The predicted molar refractivity (Wildman–Crippen MR) is 93.8 cm³/mol. The molecule has 0 bridgehead atoms. The Kier molecular flexibility index (Phi) is 6.21. The lowest BCUT2D eigenvalue weighted by atomic mass is 10.1. The van der Waals surface area contributed by atoms with Gasteiger partial charge in [0.2, 0.25) is 0 Å². The summed E-state index contributed by atoms with van der Waals surface area (Å²) in [6.45, 7) is 6.54. The summed E-state index contributed by atoms with van der Waals surface area (Å²) < 4.78 is 5.65. The van der Waals surface area contributed by atoms with Gasteiger partial charge in [0.15, 0.2) is 6.10 Å². The molecule has 0 radical (unpaired) electrons. The van der Waals surface area contributed by atoms with Crippen LogP contribution < -0.4 is 10.1 Å². The molecule has 3 heteroatoms. The van der Waals surface area contributed by atoms with Gasteiger partial charge in [-0.25, -0.2) is 0 Å². The van der Waals surface area contributed by atoms with Crippen molar-refractivity contribution in [2.45, 2.75) is 39.7 Å². The van der Waals surface area contributed by atoms with Gasteiger partial charge in [0, 0.05) is 6.54 Å². The van der Waals surface area contributed by atoms with Gasteiger partial charge in [0.1, 0.15) is 5.75 Å². The van der Waals surface area contributed by atoms with E-state index in [0.717, 1.165) is 18.6 Å². The highest BCUT2D eigenvalue weighted by molar-refractivity contribution is 5.80. The standard InChI is InChI=1S/C20H25NO2/c1-15-6-10-18(11-7-15)5-4-14-21-20(22)17(3)23-19-12-8-16(2)9-13-19/h6-13,17H,4-5,14H2,1-3H3,(H,21,22)/t17-/m0/s1. The molecule has 0 heterocycles. The molecule has 122 valence electrons. The largest absolute Gasteiger partial charge is 0.481 e. The van der Waals surface area contributed by atoms with Crippen molar-refractivity contribution in [3.8, 4) is 5.75 Å². The van der Waals surface area contributed by atoms with E-state index in [0.29, 0.717) is 6.54 Å². The first kappa shape index (κ1) is 17.1. The second kappa shape index (κ2) is 8.37. The van der Waals surface area contributed by atoms with Crippen molar-refractivity contribution in [1.29, 1.82) is 0 Å². The van der Waals surface area contributed by atoms with Gasteiger partial charge in [-0.15, -0.1) is 0 Å². The summed E-state index contributed by atoms with van der Waals surface area (Å²) in [6, 6.07) is 16.2. The van der Waals surface area contributed by atoms with Gasteiger partial charge in [-0.3, -0.25) is 4.79 Å². The summed E-state index contributed by atoms with van der Waals surface area (Å²) in [6.07, 6.45) is 1.40. The van der Waals surface area contributed by atoms with Crippen LogP contribution in [0.2, 0.25) is 0 Å². The van der Waals surface area contributed by atoms with E-state index in [1.807, 2.05) is 31.2 Å². The first-order valence-corrected chi connectivity index (χ1v) is 8.11. The summed E-state index contributed by atoms with van der Waals surface area (Å²) >= 11 is 0. The van der Waals surface area contributed by atoms with E-state index in [1.54, 1.807) is 6.92 Å². The highest BCUT2D eigenvalue weighted by Crippen LogP contribution is 2.13. The van der Waals surface area contributed by atoms with Crippen molar-refractivity contribution in [2.24, 2.45) is 0 Å². The molecule has 1 amide bonds. The number of hydrogen-bond donors (Lipinski definition) is 1. The van der Waals surface area contributed by atoms with Crippen LogP contribution in [0.3, 0.4) is 0 Å². The first-order valence-electron chi connectivity index (χ1n) is 8.11. The molecule has 0 spiro atoms. The number of amides is 1. The molecule has 0 aliphatic carbocycles. The molecular weight excluding hydrogens is 286 g/mol. The number of carbonyl (C=O) groups is 1. The number of benzene rings is 2. The zero-order valence-corrected chi connectivity index (χ0v) is 14.1. The maximum atomic E-state index is 12.0. The fourth-order valence-electron chi connectivity index (χ4n) is 2.28. The second-order valence-corrected chi connectivity index (χ2v) is 5.95. The van der Waals surface area contributed by atoms with Crippen LogP contribution in [0.25, 0.3) is 0 Å². The molecule has 23 heavy (non-hydrogen) atoms. The van der Waals surface area contributed by atoms with Crippen LogP contribution in [-0.2, 0) is 11.2 Å². The zero-order valence-electron chi connectivity index (χ0n) is 14.1. The average molecular weight is 311 g/mol. The maximum Gasteiger partial charge on any atom is 0.260 e. The van der Waals surface area contributed by atoms with E-state index < -0.39 is 6.10 Å². The molecule has 0 saturated heterocycles. The highest BCUT2D eigenvalue weighted by Gasteiger charge is 2.13. The van der Waals surface area contributed by atoms with Gasteiger partial charge >= 0.3 is 0 Å². The quantitative estimate of drug-likeness (QED) is 0.789. The molecule has 0 fully saturated rings. The van der Waals surface area contributed by atoms with Crippen LogP contribution >= 0.6 is 0 Å². The summed E-state index contributed by atoms with van der Waals surface area (Å²) in [4.78, 5) is 12.0. The fraction of sp³-hybridized carbons (Fsp3) is 0.350. The topological polar surface area (TPSA) is 38.3 Å². The lowest BCUT2D eigenvalue weighted by molar-refractivity contribution is -0.127. The minimum atomic E-state index is -0.489. The minimum absolute atomic E-state index is 0.0746. The summed E-state index contributed by atoms with van der Waals surface area (Å²) in [5, 5.41) is 2.93. The van der Waals surface area contributed by atoms with Crippen LogP contribution in [0.4, 0.5) is 0 Å². The number of hydrogen-bond acceptors (Lipinski definition) is 2. The average Bonchev–Trinajstić information content (AvgIpc) is 2.55. The lowest BCUT2D eigenvalue weighted by Crippen LogP contribution is -2.36. The molecule has 0 aromatic heterocycles. The second-order valence-electron chi connectivity index (χ2n) is 5.95. The zero-order chi connectivity index (χ0) is 16.7. The summed E-state index contributed by atoms with van der Waals surface area (Å²) in [5.74, 6) is 0.646. The fourth-order valence-corrected chi connectivity index (χ4v) is 2.28. The Morgan fingerprint density at radius 2 is 1.57 bits per heavy atom. The molecule has 0 saturated carbocycles. The first-order chi connectivity index (χ1) is 11.0. The molecule has 1 atom stereocenters. The third-order valence-electron chi connectivity index (χ3n) is 3.77. The van der Waals surface area contributed by atoms with E-state index in [-0.39, 0.29) is 5.91 Å². The smallest absolute Gasteiger partial charge is 0.260 e.